The van der Waals surface area contributed by atoms with E-state index in [1.807, 2.05) is 61.5 Å². The molecule has 4 rings (SSSR count). The summed E-state index contributed by atoms with van der Waals surface area (Å²) in [6, 6.07) is 22.5. The van der Waals surface area contributed by atoms with Gasteiger partial charge in [0, 0.05) is 24.1 Å². The standard InChI is InChI=1S/C28H27FN2O4/c1-19-25(31-27(35-19)21-7-3-2-4-8-21)15-16-34-23-13-11-20(12-14-23)17-26(28(32)33)30-18-22-9-5-6-10-24(22)29/h2-14,26,30H,15-18H2,1H3,(H,32,33). The second-order valence-electron chi connectivity index (χ2n) is 8.20. The van der Waals surface area contributed by atoms with E-state index in [4.69, 9.17) is 9.15 Å². The zero-order valence-electron chi connectivity index (χ0n) is 19.4. The number of hydrogen-bond donors (Lipinski definition) is 2. The normalized spacial score (nSPS) is 11.8. The molecule has 0 bridgehead atoms. The first-order valence-corrected chi connectivity index (χ1v) is 11.4. The fraction of sp³-hybridized carbons (Fsp3) is 0.214. The van der Waals surface area contributed by atoms with Crippen LogP contribution in [0.1, 0.15) is 22.6 Å². The summed E-state index contributed by atoms with van der Waals surface area (Å²) in [6.45, 7) is 2.46. The van der Waals surface area contributed by atoms with Gasteiger partial charge in [-0.1, -0.05) is 48.5 Å². The Morgan fingerprint density at radius 3 is 2.49 bits per heavy atom. The van der Waals surface area contributed by atoms with Crippen molar-refractivity contribution >= 4 is 5.97 Å². The average Bonchev–Trinajstić information content (AvgIpc) is 3.24. The summed E-state index contributed by atoms with van der Waals surface area (Å²) in [6.07, 6.45) is 0.870. The predicted molar refractivity (Wildman–Crippen MR) is 131 cm³/mol. The lowest BCUT2D eigenvalue weighted by Crippen LogP contribution is -2.38. The number of carboxylic acid groups (broad SMARTS) is 1. The van der Waals surface area contributed by atoms with E-state index < -0.39 is 12.0 Å². The molecule has 0 aliphatic rings. The van der Waals surface area contributed by atoms with E-state index in [9.17, 15) is 14.3 Å². The third kappa shape index (κ3) is 6.55. The Labute approximate surface area is 203 Å². The Bertz CT molecular complexity index is 1260. The largest absolute Gasteiger partial charge is 0.493 e. The van der Waals surface area contributed by atoms with E-state index in [0.29, 0.717) is 30.2 Å². The van der Waals surface area contributed by atoms with Crippen molar-refractivity contribution in [3.63, 3.8) is 0 Å². The van der Waals surface area contributed by atoms with E-state index in [0.717, 1.165) is 22.6 Å². The lowest BCUT2D eigenvalue weighted by atomic mass is 10.1. The molecular weight excluding hydrogens is 447 g/mol. The molecule has 0 spiro atoms. The Morgan fingerprint density at radius 1 is 1.06 bits per heavy atom. The summed E-state index contributed by atoms with van der Waals surface area (Å²) < 4.78 is 25.5. The topological polar surface area (TPSA) is 84.6 Å². The molecule has 0 amide bonds. The molecule has 1 unspecified atom stereocenters. The lowest BCUT2D eigenvalue weighted by Gasteiger charge is -2.15. The van der Waals surface area contributed by atoms with E-state index in [1.54, 1.807) is 18.2 Å². The minimum absolute atomic E-state index is 0.137. The van der Waals surface area contributed by atoms with Gasteiger partial charge in [-0.3, -0.25) is 10.1 Å². The number of rotatable bonds is 11. The summed E-state index contributed by atoms with van der Waals surface area (Å²) in [7, 11) is 0. The molecule has 0 radical (unpaired) electrons. The first kappa shape index (κ1) is 24.2. The molecule has 0 aliphatic heterocycles. The van der Waals surface area contributed by atoms with Crippen molar-refractivity contribution in [3.05, 3.63) is 107 Å². The van der Waals surface area contributed by atoms with Crippen LogP contribution < -0.4 is 10.1 Å². The molecule has 1 atom stereocenters. The van der Waals surface area contributed by atoms with Gasteiger partial charge in [0.25, 0.3) is 0 Å². The maximum absolute atomic E-state index is 13.8. The highest BCUT2D eigenvalue weighted by Crippen LogP contribution is 2.22. The summed E-state index contributed by atoms with van der Waals surface area (Å²) in [4.78, 5) is 16.3. The molecule has 3 aromatic carbocycles. The number of hydrogen-bond acceptors (Lipinski definition) is 5. The summed E-state index contributed by atoms with van der Waals surface area (Å²) in [5.41, 5.74) is 3.05. The van der Waals surface area contributed by atoms with Gasteiger partial charge in [0.05, 0.1) is 12.3 Å². The number of nitrogens with zero attached hydrogens (tertiary/aromatic N) is 1. The van der Waals surface area contributed by atoms with Gasteiger partial charge in [-0.05, 0) is 49.2 Å². The number of ether oxygens (including phenoxy) is 1. The Balaban J connectivity index is 1.29. The molecule has 1 heterocycles. The van der Waals surface area contributed by atoms with Gasteiger partial charge in [-0.25, -0.2) is 9.37 Å². The smallest absolute Gasteiger partial charge is 0.321 e. The highest BCUT2D eigenvalue weighted by Gasteiger charge is 2.18. The third-order valence-electron chi connectivity index (χ3n) is 5.68. The molecule has 0 saturated carbocycles. The number of aromatic nitrogens is 1. The van der Waals surface area contributed by atoms with Crippen LogP contribution in [0, 0.1) is 12.7 Å². The van der Waals surface area contributed by atoms with E-state index >= 15 is 0 Å². The van der Waals surface area contributed by atoms with Crippen molar-refractivity contribution in [3.8, 4) is 17.2 Å². The van der Waals surface area contributed by atoms with Crippen molar-refractivity contribution in [2.45, 2.75) is 32.4 Å². The SMILES string of the molecule is Cc1oc(-c2ccccc2)nc1CCOc1ccc(CC(NCc2ccccc2F)C(=O)O)cc1. The number of nitrogens with one attached hydrogen (secondary N) is 1. The fourth-order valence-corrected chi connectivity index (χ4v) is 3.71. The van der Waals surface area contributed by atoms with E-state index in [2.05, 4.69) is 10.3 Å². The molecule has 35 heavy (non-hydrogen) atoms. The van der Waals surface area contributed by atoms with Crippen molar-refractivity contribution in [2.75, 3.05) is 6.61 Å². The molecular formula is C28H27FN2O4. The Morgan fingerprint density at radius 2 is 1.77 bits per heavy atom. The highest BCUT2D eigenvalue weighted by atomic mass is 19.1. The van der Waals surface area contributed by atoms with Crippen LogP contribution >= 0.6 is 0 Å². The number of aliphatic carboxylic acids is 1. The quantitative estimate of drug-likeness (QED) is 0.311. The van der Waals surface area contributed by atoms with Crippen LogP contribution in [-0.2, 0) is 24.2 Å². The summed E-state index contributed by atoms with van der Waals surface area (Å²) in [5, 5.41) is 12.5. The van der Waals surface area contributed by atoms with E-state index in [1.165, 1.54) is 6.07 Å². The van der Waals surface area contributed by atoms with Crippen molar-refractivity contribution in [2.24, 2.45) is 0 Å². The first-order valence-electron chi connectivity index (χ1n) is 11.4. The number of carbonyl (C=O) groups is 1. The number of oxazole rings is 1. The fourth-order valence-electron chi connectivity index (χ4n) is 3.71. The van der Waals surface area contributed by atoms with Crippen molar-refractivity contribution < 1.29 is 23.4 Å². The van der Waals surface area contributed by atoms with E-state index in [-0.39, 0.29) is 18.8 Å². The maximum atomic E-state index is 13.8. The number of halogens is 1. The monoisotopic (exact) mass is 474 g/mol. The van der Waals surface area contributed by atoms with Crippen LogP contribution in [0.3, 0.4) is 0 Å². The molecule has 0 fully saturated rings. The Hall–Kier alpha value is -3.97. The van der Waals surface area contributed by atoms with Gasteiger partial charge in [0.2, 0.25) is 5.89 Å². The summed E-state index contributed by atoms with van der Waals surface area (Å²) >= 11 is 0. The number of benzene rings is 3. The van der Waals surface area contributed by atoms with Gasteiger partial charge in [0.1, 0.15) is 23.4 Å². The molecule has 6 nitrogen and oxygen atoms in total. The third-order valence-corrected chi connectivity index (χ3v) is 5.68. The second kappa shape index (κ2) is 11.4. The first-order chi connectivity index (χ1) is 17.0. The second-order valence-corrected chi connectivity index (χ2v) is 8.20. The van der Waals surface area contributed by atoms with Crippen LogP contribution in [-0.4, -0.2) is 28.7 Å². The highest BCUT2D eigenvalue weighted by molar-refractivity contribution is 5.74. The molecule has 7 heteroatoms. The van der Waals surface area contributed by atoms with Crippen LogP contribution in [0.4, 0.5) is 4.39 Å². The van der Waals surface area contributed by atoms with Crippen LogP contribution in [0.25, 0.3) is 11.5 Å². The molecule has 180 valence electrons. The van der Waals surface area contributed by atoms with Gasteiger partial charge < -0.3 is 14.3 Å². The minimum atomic E-state index is -0.987. The minimum Gasteiger partial charge on any atom is -0.493 e. The van der Waals surface area contributed by atoms with Gasteiger partial charge in [-0.15, -0.1) is 0 Å². The molecule has 4 aromatic rings. The zero-order valence-corrected chi connectivity index (χ0v) is 19.4. The lowest BCUT2D eigenvalue weighted by molar-refractivity contribution is -0.139. The molecule has 0 saturated heterocycles. The van der Waals surface area contributed by atoms with Crippen LogP contribution in [0.5, 0.6) is 5.75 Å². The van der Waals surface area contributed by atoms with Crippen LogP contribution in [0.2, 0.25) is 0 Å². The summed E-state index contributed by atoms with van der Waals surface area (Å²) in [5.74, 6) is 0.705. The maximum Gasteiger partial charge on any atom is 0.321 e. The van der Waals surface area contributed by atoms with Gasteiger partial charge >= 0.3 is 5.97 Å². The Kier molecular flexibility index (Phi) is 7.90. The zero-order chi connectivity index (χ0) is 24.6. The predicted octanol–water partition coefficient (Wildman–Crippen LogP) is 5.20. The molecule has 0 aliphatic carbocycles. The molecule has 1 aromatic heterocycles. The number of aryl methyl sites for hydroxylation is 1. The number of carboxylic acids is 1. The van der Waals surface area contributed by atoms with Crippen molar-refractivity contribution in [1.82, 2.24) is 10.3 Å². The van der Waals surface area contributed by atoms with Gasteiger partial charge in [0.15, 0.2) is 0 Å². The molecule has 2 N–H and O–H groups in total. The average molecular weight is 475 g/mol. The van der Waals surface area contributed by atoms with Crippen molar-refractivity contribution in [1.29, 1.82) is 0 Å². The van der Waals surface area contributed by atoms with Crippen LogP contribution in [0.15, 0.2) is 83.3 Å². The van der Waals surface area contributed by atoms with Gasteiger partial charge in [-0.2, -0.15) is 0 Å².